The highest BCUT2D eigenvalue weighted by atomic mass is 16.5. The van der Waals surface area contributed by atoms with E-state index >= 15 is 0 Å². The summed E-state index contributed by atoms with van der Waals surface area (Å²) >= 11 is 0. The fourth-order valence-corrected chi connectivity index (χ4v) is 3.74. The summed E-state index contributed by atoms with van der Waals surface area (Å²) < 4.78 is 5.72. The number of rotatable bonds is 3. The van der Waals surface area contributed by atoms with Crippen molar-refractivity contribution < 1.29 is 9.53 Å². The molecule has 124 valence electrons. The van der Waals surface area contributed by atoms with E-state index < -0.39 is 0 Å². The predicted octanol–water partition coefficient (Wildman–Crippen LogP) is 2.65. The minimum absolute atomic E-state index is 0.0776. The van der Waals surface area contributed by atoms with Gasteiger partial charge in [0.1, 0.15) is 5.75 Å². The van der Waals surface area contributed by atoms with Crippen molar-refractivity contribution in [3.8, 4) is 5.75 Å². The Kier molecular flexibility index (Phi) is 3.89. The third-order valence-electron chi connectivity index (χ3n) is 5.04. The summed E-state index contributed by atoms with van der Waals surface area (Å²) in [6, 6.07) is 16.8. The molecule has 0 aromatic heterocycles. The summed E-state index contributed by atoms with van der Waals surface area (Å²) in [4.78, 5) is 16.9. The van der Waals surface area contributed by atoms with E-state index in [2.05, 4.69) is 29.2 Å². The molecule has 2 aromatic carbocycles. The molecule has 4 nitrogen and oxygen atoms in total. The Hall–Kier alpha value is -2.49. The number of nitrogens with zero attached hydrogens (tertiary/aromatic N) is 2. The highest BCUT2D eigenvalue weighted by molar-refractivity contribution is 5.78. The molecule has 2 heterocycles. The number of amides is 1. The molecule has 0 spiro atoms. The number of hydrogen-bond donors (Lipinski definition) is 0. The van der Waals surface area contributed by atoms with E-state index in [9.17, 15) is 4.79 Å². The quantitative estimate of drug-likeness (QED) is 0.871. The van der Waals surface area contributed by atoms with Gasteiger partial charge in [-0.3, -0.25) is 4.79 Å². The first-order valence-electron chi connectivity index (χ1n) is 8.53. The third kappa shape index (κ3) is 2.73. The molecule has 1 fully saturated rings. The van der Waals surface area contributed by atoms with Crippen LogP contribution in [0.3, 0.4) is 0 Å². The molecule has 0 N–H and O–H groups in total. The van der Waals surface area contributed by atoms with Gasteiger partial charge in [-0.25, -0.2) is 0 Å². The van der Waals surface area contributed by atoms with Gasteiger partial charge in [0.05, 0.1) is 6.04 Å². The number of fused-ring (bicyclic) bond motifs is 3. The summed E-state index contributed by atoms with van der Waals surface area (Å²) in [6.45, 7) is 4.56. The molecule has 1 amide bonds. The fourth-order valence-electron chi connectivity index (χ4n) is 3.74. The van der Waals surface area contributed by atoms with Gasteiger partial charge in [0, 0.05) is 25.3 Å². The van der Waals surface area contributed by atoms with E-state index in [0.29, 0.717) is 6.04 Å². The first-order chi connectivity index (χ1) is 11.7. The minimum atomic E-state index is 0.0776. The van der Waals surface area contributed by atoms with Gasteiger partial charge in [0.25, 0.3) is 5.91 Å². The molecular weight excluding hydrogens is 300 g/mol. The Balaban J connectivity index is 1.37. The molecule has 1 atom stereocenters. The molecule has 0 aliphatic carbocycles. The molecule has 0 radical (unpaired) electrons. The number of carbonyl (C=O) groups excluding carboxylic acids is 1. The average Bonchev–Trinajstić information content (AvgIpc) is 2.98. The molecule has 1 saturated heterocycles. The zero-order valence-corrected chi connectivity index (χ0v) is 13.9. The SMILES string of the molecule is Cc1ccccc1OCC(=O)N1CCN2c3ccccc3CC2C1. The van der Waals surface area contributed by atoms with Crippen LogP contribution in [0.15, 0.2) is 48.5 Å². The van der Waals surface area contributed by atoms with Crippen LogP contribution in [0.4, 0.5) is 5.69 Å². The number of aryl methyl sites for hydroxylation is 1. The van der Waals surface area contributed by atoms with Crippen LogP contribution in [0.2, 0.25) is 0 Å². The van der Waals surface area contributed by atoms with Crippen molar-refractivity contribution in [3.05, 3.63) is 59.7 Å². The van der Waals surface area contributed by atoms with Gasteiger partial charge in [0.2, 0.25) is 0 Å². The predicted molar refractivity (Wildman–Crippen MR) is 94.5 cm³/mol. The van der Waals surface area contributed by atoms with Crippen LogP contribution in [0.5, 0.6) is 5.75 Å². The first kappa shape index (κ1) is 15.1. The Morgan fingerprint density at radius 2 is 1.92 bits per heavy atom. The number of ether oxygens (including phenoxy) is 1. The second kappa shape index (κ2) is 6.19. The molecule has 2 aromatic rings. The van der Waals surface area contributed by atoms with Crippen molar-refractivity contribution in [3.63, 3.8) is 0 Å². The van der Waals surface area contributed by atoms with Crippen molar-refractivity contribution in [2.75, 3.05) is 31.1 Å². The van der Waals surface area contributed by atoms with Crippen LogP contribution in [-0.4, -0.2) is 43.1 Å². The standard InChI is InChI=1S/C20H22N2O2/c1-15-6-2-5-9-19(15)24-14-20(23)21-10-11-22-17(13-21)12-16-7-3-4-8-18(16)22/h2-9,17H,10-14H2,1H3. The summed E-state index contributed by atoms with van der Waals surface area (Å²) in [6.07, 6.45) is 1.03. The van der Waals surface area contributed by atoms with Gasteiger partial charge in [-0.1, -0.05) is 36.4 Å². The zero-order valence-electron chi connectivity index (χ0n) is 13.9. The maximum atomic E-state index is 12.5. The Bertz CT molecular complexity index is 759. The highest BCUT2D eigenvalue weighted by Gasteiger charge is 2.35. The molecule has 0 bridgehead atoms. The van der Waals surface area contributed by atoms with E-state index in [1.807, 2.05) is 36.1 Å². The maximum absolute atomic E-state index is 12.5. The van der Waals surface area contributed by atoms with Gasteiger partial charge in [0.15, 0.2) is 6.61 Å². The number of para-hydroxylation sites is 2. The monoisotopic (exact) mass is 322 g/mol. The maximum Gasteiger partial charge on any atom is 0.260 e. The Morgan fingerprint density at radius 3 is 2.79 bits per heavy atom. The molecular formula is C20H22N2O2. The molecule has 2 aliphatic rings. The zero-order chi connectivity index (χ0) is 16.5. The van der Waals surface area contributed by atoms with E-state index in [-0.39, 0.29) is 12.5 Å². The van der Waals surface area contributed by atoms with E-state index in [4.69, 9.17) is 4.74 Å². The van der Waals surface area contributed by atoms with E-state index in [1.54, 1.807) is 0 Å². The lowest BCUT2D eigenvalue weighted by molar-refractivity contribution is -0.134. The topological polar surface area (TPSA) is 32.8 Å². The van der Waals surface area contributed by atoms with Gasteiger partial charge in [-0.05, 0) is 36.6 Å². The van der Waals surface area contributed by atoms with Gasteiger partial charge < -0.3 is 14.5 Å². The van der Waals surface area contributed by atoms with Crippen molar-refractivity contribution in [1.29, 1.82) is 0 Å². The minimum Gasteiger partial charge on any atom is -0.484 e. The number of hydrogen-bond acceptors (Lipinski definition) is 3. The Labute approximate surface area is 142 Å². The summed E-state index contributed by atoms with van der Waals surface area (Å²) in [5.41, 5.74) is 3.79. The smallest absolute Gasteiger partial charge is 0.260 e. The molecule has 4 heteroatoms. The largest absolute Gasteiger partial charge is 0.484 e. The van der Waals surface area contributed by atoms with Crippen molar-refractivity contribution >= 4 is 11.6 Å². The van der Waals surface area contributed by atoms with Crippen LogP contribution in [0.25, 0.3) is 0 Å². The molecule has 24 heavy (non-hydrogen) atoms. The third-order valence-corrected chi connectivity index (χ3v) is 5.04. The van der Waals surface area contributed by atoms with E-state index in [1.165, 1.54) is 11.3 Å². The lowest BCUT2D eigenvalue weighted by Crippen LogP contribution is -2.54. The Morgan fingerprint density at radius 1 is 1.12 bits per heavy atom. The molecule has 1 unspecified atom stereocenters. The highest BCUT2D eigenvalue weighted by Crippen LogP contribution is 2.33. The van der Waals surface area contributed by atoms with Crippen LogP contribution in [0.1, 0.15) is 11.1 Å². The molecule has 4 rings (SSSR count). The van der Waals surface area contributed by atoms with Gasteiger partial charge in [-0.2, -0.15) is 0 Å². The summed E-state index contributed by atoms with van der Waals surface area (Å²) in [5, 5.41) is 0. The fraction of sp³-hybridized carbons (Fsp3) is 0.350. The normalized spacial score (nSPS) is 19.0. The first-order valence-corrected chi connectivity index (χ1v) is 8.53. The second-order valence-corrected chi connectivity index (χ2v) is 6.57. The van der Waals surface area contributed by atoms with Crippen molar-refractivity contribution in [1.82, 2.24) is 4.90 Å². The molecule has 2 aliphatic heterocycles. The van der Waals surface area contributed by atoms with Crippen molar-refractivity contribution in [2.45, 2.75) is 19.4 Å². The van der Waals surface area contributed by atoms with Crippen LogP contribution < -0.4 is 9.64 Å². The second-order valence-electron chi connectivity index (χ2n) is 6.57. The number of piperazine rings is 1. The van der Waals surface area contributed by atoms with Crippen LogP contribution in [0, 0.1) is 6.92 Å². The van der Waals surface area contributed by atoms with E-state index in [0.717, 1.165) is 37.4 Å². The van der Waals surface area contributed by atoms with Crippen molar-refractivity contribution in [2.24, 2.45) is 0 Å². The number of anilines is 1. The average molecular weight is 322 g/mol. The van der Waals surface area contributed by atoms with Gasteiger partial charge in [-0.15, -0.1) is 0 Å². The lowest BCUT2D eigenvalue weighted by Gasteiger charge is -2.39. The lowest BCUT2D eigenvalue weighted by atomic mass is 10.1. The van der Waals surface area contributed by atoms with Crippen LogP contribution in [-0.2, 0) is 11.2 Å². The summed E-state index contributed by atoms with van der Waals surface area (Å²) in [5.74, 6) is 0.867. The number of carbonyl (C=O) groups is 1. The van der Waals surface area contributed by atoms with Gasteiger partial charge >= 0.3 is 0 Å². The number of benzene rings is 2. The summed E-state index contributed by atoms with van der Waals surface area (Å²) in [7, 11) is 0. The molecule has 0 saturated carbocycles. The van der Waals surface area contributed by atoms with Crippen LogP contribution >= 0.6 is 0 Å².